The maximum Gasteiger partial charge on any atom is 0.240 e. The molecule has 0 bridgehead atoms. The predicted molar refractivity (Wildman–Crippen MR) is 73.9 cm³/mol. The first-order chi connectivity index (χ1) is 8.29. The first kappa shape index (κ1) is 14.9. The van der Waals surface area contributed by atoms with Crippen molar-refractivity contribution in [2.24, 2.45) is 10.9 Å². The topological polar surface area (TPSA) is 89.4 Å². The molecule has 1 unspecified atom stereocenters. The largest absolute Gasteiger partial charge is 0.364 e. The molecule has 1 aromatic carbocycles. The van der Waals surface area contributed by atoms with Crippen molar-refractivity contribution in [1.82, 2.24) is 0 Å². The maximum absolute atomic E-state index is 11.6. The minimum Gasteiger partial charge on any atom is -0.364 e. The Morgan fingerprint density at radius 1 is 1.22 bits per heavy atom. The van der Waals surface area contributed by atoms with Gasteiger partial charge in [0.25, 0.3) is 0 Å². The van der Waals surface area contributed by atoms with Crippen LogP contribution in [0.5, 0.6) is 0 Å². The molecule has 1 aromatic rings. The number of para-hydroxylation sites is 1. The minimum atomic E-state index is -3.74. The zero-order valence-electron chi connectivity index (χ0n) is 11.0. The Morgan fingerprint density at radius 2 is 1.78 bits per heavy atom. The lowest BCUT2D eigenvalue weighted by Crippen LogP contribution is -2.43. The van der Waals surface area contributed by atoms with Crippen molar-refractivity contribution in [2.75, 3.05) is 11.4 Å². The third-order valence-electron chi connectivity index (χ3n) is 2.82. The fraction of sp³-hybridized carbons (Fsp3) is 0.500. The van der Waals surface area contributed by atoms with Gasteiger partial charge in [-0.3, -0.25) is 0 Å². The van der Waals surface area contributed by atoms with Crippen LogP contribution in [0.3, 0.4) is 0 Å². The summed E-state index contributed by atoms with van der Waals surface area (Å²) in [4.78, 5) is 2.11. The Bertz CT molecular complexity index is 500. The first-order valence-electron chi connectivity index (χ1n) is 5.89. The molecule has 0 aliphatic rings. The Kier molecular flexibility index (Phi) is 4.72. The molecule has 0 saturated carbocycles. The van der Waals surface area contributed by atoms with E-state index in [2.05, 4.69) is 0 Å². The van der Waals surface area contributed by atoms with E-state index in [-0.39, 0.29) is 17.0 Å². The van der Waals surface area contributed by atoms with Crippen LogP contribution in [-0.4, -0.2) is 27.0 Å². The molecule has 0 aliphatic heterocycles. The second kappa shape index (κ2) is 5.69. The zero-order valence-corrected chi connectivity index (χ0v) is 11.8. The van der Waals surface area contributed by atoms with Crippen LogP contribution in [-0.2, 0) is 10.0 Å². The monoisotopic (exact) mass is 271 g/mol. The number of rotatable bonds is 5. The number of sulfonamides is 1. The molecule has 0 fully saturated rings. The van der Waals surface area contributed by atoms with Gasteiger partial charge in [-0.25, -0.2) is 13.6 Å². The predicted octanol–water partition coefficient (Wildman–Crippen LogP) is 0.896. The minimum absolute atomic E-state index is 0.0351. The summed E-state index contributed by atoms with van der Waals surface area (Å²) in [5, 5.41) is 5.25. The molecule has 0 spiro atoms. The van der Waals surface area contributed by atoms with Gasteiger partial charge in [-0.05, 0) is 32.9 Å². The van der Waals surface area contributed by atoms with Crippen molar-refractivity contribution in [2.45, 2.75) is 37.8 Å². The van der Waals surface area contributed by atoms with Crippen molar-refractivity contribution in [3.63, 3.8) is 0 Å². The van der Waals surface area contributed by atoms with Crippen molar-refractivity contribution in [3.05, 3.63) is 24.3 Å². The molecular formula is C12H21N3O2S. The molecule has 0 aliphatic carbocycles. The fourth-order valence-corrected chi connectivity index (χ4v) is 2.78. The van der Waals surface area contributed by atoms with Crippen LogP contribution in [0.1, 0.15) is 20.8 Å². The van der Waals surface area contributed by atoms with E-state index in [0.29, 0.717) is 12.2 Å². The number of anilines is 1. The smallest absolute Gasteiger partial charge is 0.240 e. The van der Waals surface area contributed by atoms with E-state index in [1.807, 2.05) is 25.7 Å². The highest BCUT2D eigenvalue weighted by atomic mass is 32.2. The number of nitrogens with two attached hydrogens (primary N) is 2. The SMILES string of the molecule is CC(C)N(c1ccccc1S(N)(=O)=O)C(C)CN. The number of benzene rings is 1. The van der Waals surface area contributed by atoms with E-state index in [9.17, 15) is 8.42 Å². The van der Waals surface area contributed by atoms with Crippen LogP contribution < -0.4 is 15.8 Å². The molecule has 0 saturated heterocycles. The van der Waals surface area contributed by atoms with Gasteiger partial charge in [-0.15, -0.1) is 0 Å². The van der Waals surface area contributed by atoms with Gasteiger partial charge >= 0.3 is 0 Å². The Morgan fingerprint density at radius 3 is 2.22 bits per heavy atom. The van der Waals surface area contributed by atoms with Crippen LogP contribution >= 0.6 is 0 Å². The summed E-state index contributed by atoms with van der Waals surface area (Å²) >= 11 is 0. The van der Waals surface area contributed by atoms with E-state index in [1.54, 1.807) is 18.2 Å². The Hall–Kier alpha value is -1.11. The average molecular weight is 271 g/mol. The van der Waals surface area contributed by atoms with Gasteiger partial charge in [-0.1, -0.05) is 12.1 Å². The summed E-state index contributed by atoms with van der Waals surface area (Å²) in [6.07, 6.45) is 0. The lowest BCUT2D eigenvalue weighted by molar-refractivity contribution is 0.571. The number of primary sulfonamides is 1. The maximum atomic E-state index is 11.6. The highest BCUT2D eigenvalue weighted by Crippen LogP contribution is 2.27. The summed E-state index contributed by atoms with van der Waals surface area (Å²) in [5.74, 6) is 0. The first-order valence-corrected chi connectivity index (χ1v) is 7.44. The highest BCUT2D eigenvalue weighted by molar-refractivity contribution is 7.89. The third kappa shape index (κ3) is 3.22. The lowest BCUT2D eigenvalue weighted by Gasteiger charge is -2.35. The van der Waals surface area contributed by atoms with E-state index in [0.717, 1.165) is 0 Å². The van der Waals surface area contributed by atoms with Crippen molar-refractivity contribution >= 4 is 15.7 Å². The molecule has 0 radical (unpaired) electrons. The average Bonchev–Trinajstić information content (AvgIpc) is 2.27. The number of hydrogen-bond acceptors (Lipinski definition) is 4. The molecule has 6 heteroatoms. The van der Waals surface area contributed by atoms with E-state index >= 15 is 0 Å². The van der Waals surface area contributed by atoms with Gasteiger partial charge in [0.05, 0.1) is 5.69 Å². The zero-order chi connectivity index (χ0) is 13.9. The second-order valence-electron chi connectivity index (χ2n) is 4.60. The second-order valence-corrected chi connectivity index (χ2v) is 6.13. The van der Waals surface area contributed by atoms with Crippen LogP contribution in [0.15, 0.2) is 29.2 Å². The molecule has 18 heavy (non-hydrogen) atoms. The van der Waals surface area contributed by atoms with E-state index in [1.165, 1.54) is 6.07 Å². The molecule has 1 rings (SSSR count). The Labute approximate surface area is 109 Å². The van der Waals surface area contributed by atoms with Crippen LogP contribution in [0.2, 0.25) is 0 Å². The standard InChI is InChI=1S/C12H21N3O2S/c1-9(2)15(10(3)8-13)11-6-4-5-7-12(11)18(14,16)17/h4-7,9-10H,8,13H2,1-3H3,(H2,14,16,17). The molecular weight excluding hydrogens is 250 g/mol. The summed E-state index contributed by atoms with van der Waals surface area (Å²) in [6.45, 7) is 6.38. The molecule has 0 aromatic heterocycles. The third-order valence-corrected chi connectivity index (χ3v) is 3.78. The molecule has 0 amide bonds. The number of nitrogens with zero attached hydrogens (tertiary/aromatic N) is 1. The normalized spacial score (nSPS) is 13.7. The molecule has 1 atom stereocenters. The fourth-order valence-electron chi connectivity index (χ4n) is 2.05. The van der Waals surface area contributed by atoms with E-state index in [4.69, 9.17) is 10.9 Å². The number of hydrogen-bond donors (Lipinski definition) is 2. The van der Waals surface area contributed by atoms with Crippen LogP contribution in [0, 0.1) is 0 Å². The molecule has 4 N–H and O–H groups in total. The summed E-state index contributed by atoms with van der Waals surface area (Å²) in [7, 11) is -3.74. The van der Waals surface area contributed by atoms with Gasteiger partial charge < -0.3 is 10.6 Å². The molecule has 0 heterocycles. The van der Waals surface area contributed by atoms with Gasteiger partial charge in [0.1, 0.15) is 4.90 Å². The van der Waals surface area contributed by atoms with Gasteiger partial charge in [-0.2, -0.15) is 0 Å². The van der Waals surface area contributed by atoms with Gasteiger partial charge in [0.15, 0.2) is 0 Å². The van der Waals surface area contributed by atoms with Gasteiger partial charge in [0.2, 0.25) is 10.0 Å². The van der Waals surface area contributed by atoms with Crippen molar-refractivity contribution in [1.29, 1.82) is 0 Å². The van der Waals surface area contributed by atoms with Gasteiger partial charge in [0, 0.05) is 18.6 Å². The molecule has 102 valence electrons. The van der Waals surface area contributed by atoms with Crippen LogP contribution in [0.25, 0.3) is 0 Å². The summed E-state index contributed by atoms with van der Waals surface area (Å²) in [6, 6.07) is 6.89. The highest BCUT2D eigenvalue weighted by Gasteiger charge is 2.23. The molecule has 5 nitrogen and oxygen atoms in total. The van der Waals surface area contributed by atoms with Crippen molar-refractivity contribution in [3.8, 4) is 0 Å². The van der Waals surface area contributed by atoms with Crippen LogP contribution in [0.4, 0.5) is 5.69 Å². The summed E-state index contributed by atoms with van der Waals surface area (Å²) in [5.41, 5.74) is 6.29. The lowest BCUT2D eigenvalue weighted by atomic mass is 10.1. The van der Waals surface area contributed by atoms with E-state index < -0.39 is 10.0 Å². The Balaban J connectivity index is 3.38. The summed E-state index contributed by atoms with van der Waals surface area (Å²) < 4.78 is 23.2. The quantitative estimate of drug-likeness (QED) is 0.832. The van der Waals surface area contributed by atoms with Crippen molar-refractivity contribution < 1.29 is 8.42 Å².